The topological polar surface area (TPSA) is 18.5 Å². The van der Waals surface area contributed by atoms with Crippen molar-refractivity contribution in [1.82, 2.24) is 0 Å². The number of hydrogen-bond donors (Lipinski definition) is 0. The minimum absolute atomic E-state index is 0.725. The van der Waals surface area contributed by atoms with Crippen molar-refractivity contribution in [3.05, 3.63) is 178 Å². The van der Waals surface area contributed by atoms with Gasteiger partial charge in [-0.2, -0.15) is 0 Å². The third-order valence-electron chi connectivity index (χ3n) is 8.93. The Morgan fingerprint density at radius 1 is 0.523 bits per heavy atom. The number of hydrogen-bond acceptors (Lipinski definition) is 2. The Morgan fingerprint density at radius 2 is 0.977 bits per heavy atom. The van der Waals surface area contributed by atoms with Crippen molar-refractivity contribution in [2.24, 2.45) is 0 Å². The van der Waals surface area contributed by atoms with Crippen molar-refractivity contribution < 1.29 is 9.47 Å². The summed E-state index contributed by atoms with van der Waals surface area (Å²) in [7, 11) is 0. The fourth-order valence-corrected chi connectivity index (χ4v) is 7.11. The summed E-state index contributed by atoms with van der Waals surface area (Å²) < 4.78 is 13.3. The largest absolute Gasteiger partial charge is 0.464 e. The molecule has 0 unspecified atom stereocenters. The Bertz CT molecular complexity index is 1950. The molecule has 6 aromatic rings. The van der Waals surface area contributed by atoms with Crippen LogP contribution >= 0.6 is 0 Å². The van der Waals surface area contributed by atoms with Gasteiger partial charge in [0.2, 0.25) is 0 Å². The van der Waals surface area contributed by atoms with Crippen molar-refractivity contribution in [3.63, 3.8) is 0 Å². The summed E-state index contributed by atoms with van der Waals surface area (Å²) in [6, 6.07) is 40.0. The van der Waals surface area contributed by atoms with Crippen molar-refractivity contribution >= 4 is 21.5 Å². The van der Waals surface area contributed by atoms with Crippen LogP contribution in [-0.2, 0) is 11.8 Å². The highest BCUT2D eigenvalue weighted by atomic mass is 16.5. The van der Waals surface area contributed by atoms with Gasteiger partial charge in [-0.1, -0.05) is 132 Å². The molecular weight excluding hydrogens is 536 g/mol. The van der Waals surface area contributed by atoms with Gasteiger partial charge in [-0.05, 0) is 67.1 Å². The average molecular weight is 573 g/mol. The lowest BCUT2D eigenvalue weighted by molar-refractivity contribution is 0.458. The van der Waals surface area contributed by atoms with E-state index in [1.807, 2.05) is 26.0 Å². The fourth-order valence-electron chi connectivity index (χ4n) is 7.11. The number of fused-ring (bicyclic) bond motifs is 4. The molecule has 2 heteroatoms. The zero-order valence-corrected chi connectivity index (χ0v) is 25.7. The van der Waals surface area contributed by atoms with Crippen LogP contribution in [-0.4, -0.2) is 0 Å². The van der Waals surface area contributed by atoms with Crippen LogP contribution in [0, 0.1) is 13.8 Å². The molecule has 0 aliphatic heterocycles. The average Bonchev–Trinajstić information content (AvgIpc) is 3.05. The minimum atomic E-state index is -0.725. The number of aryl methyl sites for hydroxylation is 2. The molecule has 0 radical (unpaired) electrons. The van der Waals surface area contributed by atoms with Crippen molar-refractivity contribution in [3.8, 4) is 11.5 Å². The number of allylic oxidation sites excluding steroid dienone is 2. The van der Waals surface area contributed by atoms with Gasteiger partial charge >= 0.3 is 0 Å². The third-order valence-corrected chi connectivity index (χ3v) is 8.93. The second-order valence-electron chi connectivity index (χ2n) is 11.7. The second kappa shape index (κ2) is 11.2. The van der Waals surface area contributed by atoms with Gasteiger partial charge in [-0.15, -0.1) is 0 Å². The summed E-state index contributed by atoms with van der Waals surface area (Å²) in [6.07, 6.45) is 8.36. The summed E-state index contributed by atoms with van der Waals surface area (Å²) in [4.78, 5) is 0. The van der Waals surface area contributed by atoms with E-state index < -0.39 is 5.41 Å². The smallest absolute Gasteiger partial charge is 0.139 e. The van der Waals surface area contributed by atoms with E-state index in [2.05, 4.69) is 123 Å². The summed E-state index contributed by atoms with van der Waals surface area (Å²) in [5, 5.41) is 4.47. The van der Waals surface area contributed by atoms with E-state index in [0.717, 1.165) is 50.6 Å². The van der Waals surface area contributed by atoms with Gasteiger partial charge < -0.3 is 9.47 Å². The van der Waals surface area contributed by atoms with Crippen molar-refractivity contribution in [2.45, 2.75) is 39.5 Å². The summed E-state index contributed by atoms with van der Waals surface area (Å²) in [5.41, 5.74) is 8.97. The van der Waals surface area contributed by atoms with Gasteiger partial charge in [0.25, 0.3) is 0 Å². The quantitative estimate of drug-likeness (QED) is 0.185. The first-order valence-corrected chi connectivity index (χ1v) is 15.4. The summed E-state index contributed by atoms with van der Waals surface area (Å²) in [5.74, 6) is 1.71. The third kappa shape index (κ3) is 4.33. The zero-order valence-electron chi connectivity index (χ0n) is 25.7. The number of ether oxygens (including phenoxy) is 2. The highest BCUT2D eigenvalue weighted by Gasteiger charge is 2.47. The maximum atomic E-state index is 6.66. The van der Waals surface area contributed by atoms with Crippen LogP contribution in [0.5, 0.6) is 11.5 Å². The molecule has 1 aliphatic carbocycles. The molecular formula is C42H36O2. The molecule has 0 fully saturated rings. The van der Waals surface area contributed by atoms with E-state index in [4.69, 9.17) is 9.47 Å². The summed E-state index contributed by atoms with van der Waals surface area (Å²) >= 11 is 0. The molecule has 0 aromatic heterocycles. The van der Waals surface area contributed by atoms with Crippen LogP contribution in [0.25, 0.3) is 21.5 Å². The molecule has 216 valence electrons. The Morgan fingerprint density at radius 3 is 1.43 bits per heavy atom. The van der Waals surface area contributed by atoms with Gasteiger partial charge in [-0.3, -0.25) is 0 Å². The van der Waals surface area contributed by atoms with Crippen LogP contribution in [0.3, 0.4) is 0 Å². The predicted molar refractivity (Wildman–Crippen MR) is 183 cm³/mol. The summed E-state index contributed by atoms with van der Waals surface area (Å²) in [6.45, 7) is 8.25. The highest BCUT2D eigenvalue weighted by Crippen LogP contribution is 2.57. The Kier molecular flexibility index (Phi) is 7.06. The predicted octanol–water partition coefficient (Wildman–Crippen LogP) is 10.7. The van der Waals surface area contributed by atoms with Crippen LogP contribution < -0.4 is 9.47 Å². The van der Waals surface area contributed by atoms with Crippen LogP contribution in [0.2, 0.25) is 0 Å². The van der Waals surface area contributed by atoms with E-state index >= 15 is 0 Å². The molecule has 7 rings (SSSR count). The number of rotatable bonds is 6. The van der Waals surface area contributed by atoms with E-state index in [-0.39, 0.29) is 0 Å². The molecule has 0 spiro atoms. The first-order chi connectivity index (χ1) is 21.6. The van der Waals surface area contributed by atoms with Gasteiger partial charge in [0.05, 0.1) is 17.9 Å². The SMILES string of the molecule is CC=COc1c(C2(c3ccc4cc(C)ccc4c3OC=CC)c3ccccc3Cc3ccccc32)ccc2cc(C)ccc12. The lowest BCUT2D eigenvalue weighted by atomic mass is 9.59. The normalized spacial score (nSPS) is 13.8. The van der Waals surface area contributed by atoms with Crippen LogP contribution in [0.4, 0.5) is 0 Å². The van der Waals surface area contributed by atoms with E-state index in [0.29, 0.717) is 0 Å². The maximum absolute atomic E-state index is 6.66. The maximum Gasteiger partial charge on any atom is 0.139 e. The molecule has 0 heterocycles. The molecule has 0 atom stereocenters. The van der Waals surface area contributed by atoms with Crippen LogP contribution in [0.15, 0.2) is 134 Å². The first-order valence-electron chi connectivity index (χ1n) is 15.4. The van der Waals surface area contributed by atoms with Crippen LogP contribution in [0.1, 0.15) is 58.4 Å². The van der Waals surface area contributed by atoms with E-state index in [1.54, 1.807) is 12.5 Å². The molecule has 1 aliphatic rings. The van der Waals surface area contributed by atoms with E-state index in [1.165, 1.54) is 33.4 Å². The first kappa shape index (κ1) is 27.7. The molecule has 0 saturated carbocycles. The Balaban J connectivity index is 1.72. The monoisotopic (exact) mass is 572 g/mol. The molecule has 44 heavy (non-hydrogen) atoms. The highest BCUT2D eigenvalue weighted by molar-refractivity contribution is 5.95. The molecule has 0 bridgehead atoms. The minimum Gasteiger partial charge on any atom is -0.464 e. The van der Waals surface area contributed by atoms with Crippen molar-refractivity contribution in [2.75, 3.05) is 0 Å². The molecule has 2 nitrogen and oxygen atoms in total. The van der Waals surface area contributed by atoms with Gasteiger partial charge in [0.15, 0.2) is 0 Å². The molecule has 0 amide bonds. The second-order valence-corrected chi connectivity index (χ2v) is 11.7. The fraction of sp³-hybridized carbons (Fsp3) is 0.143. The Labute approximate surface area is 259 Å². The van der Waals surface area contributed by atoms with Gasteiger partial charge in [0, 0.05) is 21.9 Å². The lowest BCUT2D eigenvalue weighted by Gasteiger charge is -2.43. The lowest BCUT2D eigenvalue weighted by Crippen LogP contribution is -2.36. The van der Waals surface area contributed by atoms with Gasteiger partial charge in [0.1, 0.15) is 11.5 Å². The van der Waals surface area contributed by atoms with E-state index in [9.17, 15) is 0 Å². The molecule has 0 N–H and O–H groups in total. The zero-order chi connectivity index (χ0) is 30.3. The van der Waals surface area contributed by atoms with Gasteiger partial charge in [-0.25, -0.2) is 0 Å². The number of benzene rings is 6. The Hall–Kier alpha value is -5.08. The molecule has 0 saturated heterocycles. The molecule has 6 aromatic carbocycles. The van der Waals surface area contributed by atoms with Crippen molar-refractivity contribution in [1.29, 1.82) is 0 Å². The standard InChI is InChI=1S/C42H36O2/c1-5-23-43-40-34-19-15-28(3)25-30(34)17-21-38(40)42(36-13-9-7-11-32(36)27-33-12-8-10-14-37(33)42)39-22-18-31-26-29(4)16-20-35(31)41(39)44-24-6-2/h5-26H,27H2,1-4H3.